The molecule has 0 aliphatic carbocycles. The number of likely N-dealkylation sites (tertiary alicyclic amines) is 1. The van der Waals surface area contributed by atoms with E-state index in [4.69, 9.17) is 0 Å². The average molecular weight is 577 g/mol. The number of carbonyl (C=O) groups excluding carboxylic acids is 1. The molecule has 1 aromatic carbocycles. The number of pyridine rings is 1. The fourth-order valence-corrected chi connectivity index (χ4v) is 4.66. The van der Waals surface area contributed by atoms with Gasteiger partial charge in [-0.1, -0.05) is 30.3 Å². The van der Waals surface area contributed by atoms with E-state index in [0.717, 1.165) is 76.6 Å². The second-order valence-electron chi connectivity index (χ2n) is 8.95. The highest BCUT2D eigenvalue weighted by Crippen LogP contribution is 2.19. The van der Waals surface area contributed by atoms with Crippen LogP contribution in [0.2, 0.25) is 0 Å². The van der Waals surface area contributed by atoms with E-state index in [2.05, 4.69) is 55.8 Å². The first kappa shape index (κ1) is 26.4. The summed E-state index contributed by atoms with van der Waals surface area (Å²) in [5.41, 5.74) is 3.79. The van der Waals surface area contributed by atoms with E-state index in [-0.39, 0.29) is 29.9 Å². The molecule has 0 spiro atoms. The first-order valence-electron chi connectivity index (χ1n) is 12.2. The van der Waals surface area contributed by atoms with E-state index in [1.165, 1.54) is 11.1 Å². The van der Waals surface area contributed by atoms with Crippen molar-refractivity contribution >= 4 is 35.8 Å². The van der Waals surface area contributed by atoms with Gasteiger partial charge in [0.25, 0.3) is 0 Å². The number of piperidine rings is 1. The van der Waals surface area contributed by atoms with Crippen LogP contribution in [0, 0.1) is 0 Å². The number of nitrogens with one attached hydrogen (secondary N) is 2. The quantitative estimate of drug-likeness (QED) is 0.229. The zero-order valence-electron chi connectivity index (χ0n) is 20.1. The van der Waals surface area contributed by atoms with Crippen LogP contribution < -0.4 is 10.6 Å². The number of hydrogen-bond acceptors (Lipinski definition) is 4. The molecule has 0 radical (unpaired) electrons. The number of carbonyl (C=O) groups is 1. The highest BCUT2D eigenvalue weighted by Gasteiger charge is 2.21. The average Bonchev–Trinajstić information content (AvgIpc) is 2.87. The fourth-order valence-electron chi connectivity index (χ4n) is 4.66. The van der Waals surface area contributed by atoms with Crippen LogP contribution in [0.15, 0.2) is 53.7 Å². The normalized spacial score (nSPS) is 17.0. The molecule has 1 fully saturated rings. The third kappa shape index (κ3) is 7.66. The minimum Gasteiger partial charge on any atom is -0.356 e. The first-order valence-corrected chi connectivity index (χ1v) is 12.2. The molecule has 184 valence electrons. The number of aromatic nitrogens is 1. The van der Waals surface area contributed by atoms with Crippen molar-refractivity contribution in [2.24, 2.45) is 4.99 Å². The summed E-state index contributed by atoms with van der Waals surface area (Å²) in [4.78, 5) is 25.9. The Labute approximate surface area is 220 Å². The number of amides is 1. The molecule has 2 N–H and O–H groups in total. The lowest BCUT2D eigenvalue weighted by atomic mass is 9.99. The Kier molecular flexibility index (Phi) is 10.6. The third-order valence-electron chi connectivity index (χ3n) is 6.61. The molecule has 2 aliphatic heterocycles. The Bertz CT molecular complexity index is 930. The van der Waals surface area contributed by atoms with Gasteiger partial charge in [0, 0.05) is 65.0 Å². The number of hydrogen-bond donors (Lipinski definition) is 2. The summed E-state index contributed by atoms with van der Waals surface area (Å²) < 4.78 is 0. The van der Waals surface area contributed by atoms with Gasteiger partial charge in [0.1, 0.15) is 0 Å². The maximum absolute atomic E-state index is 12.6. The fraction of sp³-hybridized carbons (Fsp3) is 0.500. The van der Waals surface area contributed by atoms with Crippen LogP contribution >= 0.6 is 24.0 Å². The van der Waals surface area contributed by atoms with Crippen molar-refractivity contribution in [3.63, 3.8) is 0 Å². The van der Waals surface area contributed by atoms with E-state index in [9.17, 15) is 4.79 Å². The Hall–Kier alpha value is -2.20. The minimum absolute atomic E-state index is 0. The standard InChI is InChI=1S/C26H36N6O.HI/c1-27-26(30-23-12-16-31(17-13-23)20-24-9-4-5-14-28-24)29-15-6-10-25(33)32-18-11-21-7-2-3-8-22(21)19-32;/h2-5,7-9,14,23H,6,10-13,15-20H2,1H3,(H2,27,29,30);1H. The van der Waals surface area contributed by atoms with Crippen molar-refractivity contribution in [1.82, 2.24) is 25.4 Å². The van der Waals surface area contributed by atoms with Crippen molar-refractivity contribution in [2.75, 3.05) is 33.2 Å². The summed E-state index contributed by atoms with van der Waals surface area (Å²) in [5, 5.41) is 6.94. The molecular formula is C26H37IN6O. The highest BCUT2D eigenvalue weighted by atomic mass is 127. The van der Waals surface area contributed by atoms with Crippen molar-refractivity contribution < 1.29 is 4.79 Å². The van der Waals surface area contributed by atoms with E-state index in [1.807, 2.05) is 30.3 Å². The lowest BCUT2D eigenvalue weighted by Gasteiger charge is -2.32. The largest absolute Gasteiger partial charge is 0.356 e. The number of aliphatic imine (C=N–C) groups is 1. The first-order chi connectivity index (χ1) is 16.2. The zero-order chi connectivity index (χ0) is 22.9. The summed E-state index contributed by atoms with van der Waals surface area (Å²) in [6.07, 6.45) is 6.36. The molecule has 1 amide bonds. The summed E-state index contributed by atoms with van der Waals surface area (Å²) >= 11 is 0. The maximum Gasteiger partial charge on any atom is 0.222 e. The van der Waals surface area contributed by atoms with Crippen LogP contribution in [0.5, 0.6) is 0 Å². The molecule has 0 atom stereocenters. The Morgan fingerprint density at radius 2 is 1.85 bits per heavy atom. The molecule has 1 aromatic heterocycles. The molecule has 7 nitrogen and oxygen atoms in total. The number of rotatable bonds is 7. The predicted octanol–water partition coefficient (Wildman–Crippen LogP) is 3.19. The molecule has 1 saturated heterocycles. The summed E-state index contributed by atoms with van der Waals surface area (Å²) in [5.74, 6) is 1.08. The molecule has 0 unspecified atom stereocenters. The van der Waals surface area contributed by atoms with E-state index in [1.54, 1.807) is 0 Å². The van der Waals surface area contributed by atoms with Crippen LogP contribution in [-0.2, 0) is 24.3 Å². The number of guanidine groups is 1. The highest BCUT2D eigenvalue weighted by molar-refractivity contribution is 14.0. The second-order valence-corrected chi connectivity index (χ2v) is 8.95. The number of nitrogens with zero attached hydrogens (tertiary/aromatic N) is 4. The Morgan fingerprint density at radius 3 is 2.59 bits per heavy atom. The van der Waals surface area contributed by atoms with Crippen LogP contribution in [0.25, 0.3) is 0 Å². The monoisotopic (exact) mass is 576 g/mol. The van der Waals surface area contributed by atoms with E-state index < -0.39 is 0 Å². The van der Waals surface area contributed by atoms with Crippen LogP contribution in [0.1, 0.15) is 42.5 Å². The van der Waals surface area contributed by atoms with Crippen LogP contribution in [-0.4, -0.2) is 65.9 Å². The van der Waals surface area contributed by atoms with Gasteiger partial charge in [-0.05, 0) is 48.9 Å². The number of halogens is 1. The van der Waals surface area contributed by atoms with E-state index >= 15 is 0 Å². The van der Waals surface area contributed by atoms with Gasteiger partial charge in [0.05, 0.1) is 5.69 Å². The third-order valence-corrected chi connectivity index (χ3v) is 6.61. The molecule has 3 heterocycles. The summed E-state index contributed by atoms with van der Waals surface area (Å²) in [6.45, 7) is 5.33. The molecule has 34 heavy (non-hydrogen) atoms. The number of fused-ring (bicyclic) bond motifs is 1. The van der Waals surface area contributed by atoms with Gasteiger partial charge in [-0.3, -0.25) is 19.7 Å². The number of benzene rings is 1. The molecular weight excluding hydrogens is 539 g/mol. The van der Waals surface area contributed by atoms with Gasteiger partial charge in [-0.2, -0.15) is 0 Å². The van der Waals surface area contributed by atoms with Gasteiger partial charge in [-0.25, -0.2) is 0 Å². The molecule has 8 heteroatoms. The smallest absolute Gasteiger partial charge is 0.222 e. The molecule has 2 aliphatic rings. The Balaban J connectivity index is 0.00000324. The van der Waals surface area contributed by atoms with Gasteiger partial charge < -0.3 is 15.5 Å². The van der Waals surface area contributed by atoms with Crippen LogP contribution in [0.4, 0.5) is 0 Å². The minimum atomic E-state index is 0. The predicted molar refractivity (Wildman–Crippen MR) is 147 cm³/mol. The molecule has 2 aromatic rings. The topological polar surface area (TPSA) is 72.9 Å². The van der Waals surface area contributed by atoms with Crippen molar-refractivity contribution in [3.8, 4) is 0 Å². The molecule has 0 saturated carbocycles. The van der Waals surface area contributed by atoms with Crippen molar-refractivity contribution in [3.05, 3.63) is 65.5 Å². The Morgan fingerprint density at radius 1 is 1.09 bits per heavy atom. The second kappa shape index (κ2) is 13.6. The van der Waals surface area contributed by atoms with Crippen molar-refractivity contribution in [1.29, 1.82) is 0 Å². The molecule has 4 rings (SSSR count). The molecule has 0 bridgehead atoms. The lowest BCUT2D eigenvalue weighted by Crippen LogP contribution is -2.48. The van der Waals surface area contributed by atoms with Gasteiger partial charge in [0.15, 0.2) is 5.96 Å². The summed E-state index contributed by atoms with van der Waals surface area (Å²) in [6, 6.07) is 15.0. The van der Waals surface area contributed by atoms with Gasteiger partial charge >= 0.3 is 0 Å². The summed E-state index contributed by atoms with van der Waals surface area (Å²) in [7, 11) is 1.81. The van der Waals surface area contributed by atoms with Crippen molar-refractivity contribution in [2.45, 2.75) is 51.2 Å². The lowest BCUT2D eigenvalue weighted by molar-refractivity contribution is -0.132. The zero-order valence-corrected chi connectivity index (χ0v) is 22.4. The maximum atomic E-state index is 12.6. The SMILES string of the molecule is CN=C(NCCCC(=O)N1CCc2ccccc2C1)NC1CCN(Cc2ccccn2)CC1.I. The van der Waals surface area contributed by atoms with Crippen LogP contribution in [0.3, 0.4) is 0 Å². The van der Waals surface area contributed by atoms with Gasteiger partial charge in [0.2, 0.25) is 5.91 Å². The van der Waals surface area contributed by atoms with Gasteiger partial charge in [-0.15, -0.1) is 24.0 Å². The van der Waals surface area contributed by atoms with E-state index in [0.29, 0.717) is 12.5 Å².